The van der Waals surface area contributed by atoms with Crippen LogP contribution in [-0.4, -0.2) is 19.1 Å². The van der Waals surface area contributed by atoms with Gasteiger partial charge in [-0.3, -0.25) is 15.5 Å². The molecule has 1 aliphatic carbocycles. The third-order valence-corrected chi connectivity index (χ3v) is 4.56. The Balaban J connectivity index is 2.35. The molecule has 0 saturated carbocycles. The van der Waals surface area contributed by atoms with Crippen LogP contribution in [0.2, 0.25) is 0 Å². The number of rotatable bonds is 4. The third-order valence-electron chi connectivity index (χ3n) is 3.64. The standard InChI is InChI=1S/C15H20N4O4S/c1-10-6-11(9-15(2,3)8-10)17-18-13-5-4-12(24(16,22)23)7-14(13)19(20)21/h4-7,18H,8-9H2,1-3H3,(H2,16,22,23). The molecular weight excluding hydrogens is 332 g/mol. The summed E-state index contributed by atoms with van der Waals surface area (Å²) in [6.07, 6.45) is 3.65. The molecule has 0 aliphatic heterocycles. The number of hydrogen-bond acceptors (Lipinski definition) is 6. The van der Waals surface area contributed by atoms with Crippen molar-refractivity contribution in [2.75, 3.05) is 5.43 Å². The lowest BCUT2D eigenvalue weighted by atomic mass is 9.77. The highest BCUT2D eigenvalue weighted by Gasteiger charge is 2.25. The first-order valence-corrected chi connectivity index (χ1v) is 8.84. The number of nitro groups is 1. The van der Waals surface area contributed by atoms with Crippen molar-refractivity contribution in [3.8, 4) is 0 Å². The molecule has 1 aromatic rings. The van der Waals surface area contributed by atoms with E-state index in [2.05, 4.69) is 24.4 Å². The molecule has 0 spiro atoms. The number of primary sulfonamides is 1. The zero-order valence-corrected chi connectivity index (χ0v) is 14.6. The Labute approximate surface area is 140 Å². The second kappa shape index (κ2) is 6.33. The van der Waals surface area contributed by atoms with E-state index < -0.39 is 20.6 Å². The largest absolute Gasteiger partial charge is 0.295 e. The molecule has 1 aliphatic rings. The van der Waals surface area contributed by atoms with Crippen LogP contribution < -0.4 is 10.6 Å². The number of nitrogens with two attached hydrogens (primary N) is 1. The Bertz CT molecular complexity index is 841. The third kappa shape index (κ3) is 4.39. The Kier molecular flexibility index (Phi) is 4.77. The molecule has 24 heavy (non-hydrogen) atoms. The molecule has 0 aromatic heterocycles. The zero-order valence-electron chi connectivity index (χ0n) is 13.7. The van der Waals surface area contributed by atoms with Gasteiger partial charge in [-0.05, 0) is 43.4 Å². The molecule has 2 rings (SSSR count). The number of benzene rings is 1. The highest BCUT2D eigenvalue weighted by molar-refractivity contribution is 7.89. The van der Waals surface area contributed by atoms with Gasteiger partial charge in [0.1, 0.15) is 5.69 Å². The molecule has 130 valence electrons. The number of allylic oxidation sites excluding steroid dienone is 2. The second-order valence-corrected chi connectivity index (χ2v) is 8.27. The van der Waals surface area contributed by atoms with E-state index in [0.717, 1.165) is 24.6 Å². The molecule has 0 unspecified atom stereocenters. The highest BCUT2D eigenvalue weighted by atomic mass is 32.2. The molecule has 0 atom stereocenters. The molecule has 0 fully saturated rings. The number of anilines is 1. The van der Waals surface area contributed by atoms with Crippen LogP contribution in [0.25, 0.3) is 0 Å². The summed E-state index contributed by atoms with van der Waals surface area (Å²) in [4.78, 5) is 10.2. The van der Waals surface area contributed by atoms with E-state index >= 15 is 0 Å². The molecular formula is C15H20N4O4S. The van der Waals surface area contributed by atoms with Crippen LogP contribution in [0.15, 0.2) is 39.8 Å². The van der Waals surface area contributed by atoms with Gasteiger partial charge < -0.3 is 0 Å². The maximum atomic E-state index is 11.3. The maximum Gasteiger partial charge on any atom is 0.295 e. The molecule has 8 nitrogen and oxygen atoms in total. The normalized spacial score (nSPS) is 19.0. The fraction of sp³-hybridized carbons (Fsp3) is 0.400. The van der Waals surface area contributed by atoms with Gasteiger partial charge in [-0.25, -0.2) is 13.6 Å². The number of nitrogens with zero attached hydrogens (tertiary/aromatic N) is 2. The van der Waals surface area contributed by atoms with Crippen molar-refractivity contribution < 1.29 is 13.3 Å². The SMILES string of the molecule is CC1=CC(=NNc2ccc(S(N)(=O)=O)cc2[N+](=O)[O-])CC(C)(C)C1. The number of hydrogen-bond donors (Lipinski definition) is 2. The second-order valence-electron chi connectivity index (χ2n) is 6.70. The van der Waals surface area contributed by atoms with Crippen molar-refractivity contribution in [3.63, 3.8) is 0 Å². The number of hydrazone groups is 1. The quantitative estimate of drug-likeness (QED) is 0.636. The van der Waals surface area contributed by atoms with Gasteiger partial charge in [0.15, 0.2) is 0 Å². The average molecular weight is 352 g/mol. The summed E-state index contributed by atoms with van der Waals surface area (Å²) < 4.78 is 22.7. The summed E-state index contributed by atoms with van der Waals surface area (Å²) in [7, 11) is -4.01. The number of sulfonamides is 1. The van der Waals surface area contributed by atoms with Crippen LogP contribution in [0.3, 0.4) is 0 Å². The summed E-state index contributed by atoms with van der Waals surface area (Å²) in [5.41, 5.74) is 4.42. The highest BCUT2D eigenvalue weighted by Crippen LogP contribution is 2.34. The minimum atomic E-state index is -4.01. The van der Waals surface area contributed by atoms with E-state index in [1.807, 2.05) is 13.0 Å². The van der Waals surface area contributed by atoms with Crippen LogP contribution in [0.5, 0.6) is 0 Å². The van der Waals surface area contributed by atoms with Crippen molar-refractivity contribution in [3.05, 3.63) is 40.0 Å². The van der Waals surface area contributed by atoms with E-state index in [9.17, 15) is 18.5 Å². The smallest absolute Gasteiger partial charge is 0.271 e. The van der Waals surface area contributed by atoms with Gasteiger partial charge in [0.25, 0.3) is 5.69 Å². The molecule has 0 bridgehead atoms. The molecule has 0 radical (unpaired) electrons. The first-order valence-electron chi connectivity index (χ1n) is 7.29. The van der Waals surface area contributed by atoms with Crippen LogP contribution in [-0.2, 0) is 10.0 Å². The first kappa shape index (κ1) is 18.1. The van der Waals surface area contributed by atoms with Gasteiger partial charge in [0.2, 0.25) is 10.0 Å². The van der Waals surface area contributed by atoms with Gasteiger partial charge in [-0.1, -0.05) is 19.4 Å². The molecule has 0 amide bonds. The lowest BCUT2D eigenvalue weighted by Gasteiger charge is -2.29. The van der Waals surface area contributed by atoms with Crippen molar-refractivity contribution in [2.45, 2.75) is 38.5 Å². The zero-order chi connectivity index (χ0) is 18.1. The maximum absolute atomic E-state index is 11.3. The Morgan fingerprint density at radius 3 is 2.54 bits per heavy atom. The molecule has 0 saturated heterocycles. The van der Waals surface area contributed by atoms with Gasteiger partial charge in [-0.15, -0.1) is 0 Å². The van der Waals surface area contributed by atoms with E-state index in [1.165, 1.54) is 17.7 Å². The van der Waals surface area contributed by atoms with Crippen molar-refractivity contribution in [1.82, 2.24) is 0 Å². The average Bonchev–Trinajstić information content (AvgIpc) is 2.41. The predicted octanol–water partition coefficient (Wildman–Crippen LogP) is 2.78. The Morgan fingerprint density at radius 2 is 2.00 bits per heavy atom. The fourth-order valence-corrected chi connectivity index (χ4v) is 3.37. The fourth-order valence-electron chi connectivity index (χ4n) is 2.83. The Morgan fingerprint density at radius 1 is 1.33 bits per heavy atom. The summed E-state index contributed by atoms with van der Waals surface area (Å²) in [5, 5.41) is 20.4. The minimum absolute atomic E-state index is 0.0722. The molecule has 1 aromatic carbocycles. The van der Waals surface area contributed by atoms with Crippen molar-refractivity contribution in [2.24, 2.45) is 15.7 Å². The predicted molar refractivity (Wildman–Crippen MR) is 92.3 cm³/mol. The van der Waals surface area contributed by atoms with Gasteiger partial charge >= 0.3 is 0 Å². The summed E-state index contributed by atoms with van der Waals surface area (Å²) >= 11 is 0. The van der Waals surface area contributed by atoms with E-state index in [4.69, 9.17) is 5.14 Å². The number of nitrogens with one attached hydrogen (secondary N) is 1. The van der Waals surface area contributed by atoms with Crippen LogP contribution in [0.1, 0.15) is 33.6 Å². The molecule has 9 heteroatoms. The molecule has 3 N–H and O–H groups in total. The number of nitro benzene ring substituents is 1. The summed E-state index contributed by atoms with van der Waals surface area (Å²) in [6, 6.07) is 3.41. The Hall–Kier alpha value is -2.26. The lowest BCUT2D eigenvalue weighted by Crippen LogP contribution is -2.22. The first-order chi connectivity index (χ1) is 11.0. The molecule has 0 heterocycles. The van der Waals surface area contributed by atoms with Crippen molar-refractivity contribution in [1.29, 1.82) is 0 Å². The topological polar surface area (TPSA) is 128 Å². The van der Waals surface area contributed by atoms with Gasteiger partial charge in [0.05, 0.1) is 15.5 Å². The van der Waals surface area contributed by atoms with Gasteiger partial charge in [0, 0.05) is 6.07 Å². The van der Waals surface area contributed by atoms with E-state index in [1.54, 1.807) is 0 Å². The van der Waals surface area contributed by atoms with Crippen molar-refractivity contribution >= 4 is 27.1 Å². The summed E-state index contributed by atoms with van der Waals surface area (Å²) in [5.74, 6) is 0. The van der Waals surface area contributed by atoms with Crippen LogP contribution in [0, 0.1) is 15.5 Å². The van der Waals surface area contributed by atoms with Crippen LogP contribution >= 0.6 is 0 Å². The monoisotopic (exact) mass is 352 g/mol. The van der Waals surface area contributed by atoms with E-state index in [0.29, 0.717) is 0 Å². The van der Waals surface area contributed by atoms with Crippen LogP contribution in [0.4, 0.5) is 11.4 Å². The summed E-state index contributed by atoms with van der Waals surface area (Å²) in [6.45, 7) is 6.27. The minimum Gasteiger partial charge on any atom is -0.271 e. The van der Waals surface area contributed by atoms with E-state index in [-0.39, 0.29) is 16.0 Å². The van der Waals surface area contributed by atoms with Gasteiger partial charge in [-0.2, -0.15) is 5.10 Å². The lowest BCUT2D eigenvalue weighted by molar-refractivity contribution is -0.384.